The van der Waals surface area contributed by atoms with Crippen molar-refractivity contribution >= 4 is 32.2 Å². The van der Waals surface area contributed by atoms with Gasteiger partial charge in [0, 0.05) is 24.3 Å². The van der Waals surface area contributed by atoms with Crippen LogP contribution in [-0.4, -0.2) is 22.2 Å². The fourth-order valence-corrected chi connectivity index (χ4v) is 2.78. The Labute approximate surface area is 107 Å². The molecule has 3 aromatic heterocycles. The van der Waals surface area contributed by atoms with E-state index in [0.29, 0.717) is 14.7 Å². The number of aromatic nitrogens is 3. The van der Waals surface area contributed by atoms with Crippen LogP contribution in [0.15, 0.2) is 21.5 Å². The summed E-state index contributed by atoms with van der Waals surface area (Å²) in [5.74, 6) is 0. The van der Waals surface area contributed by atoms with Crippen molar-refractivity contribution in [3.05, 3.63) is 28.4 Å². The molecule has 3 heterocycles. The second kappa shape index (κ2) is 3.45. The quantitative estimate of drug-likeness (QED) is 0.666. The lowest BCUT2D eigenvalue weighted by molar-refractivity contribution is 0.544. The molecule has 0 aliphatic heterocycles. The number of nitrogens with zero attached hydrogens (tertiary/aromatic N) is 3. The van der Waals surface area contributed by atoms with E-state index in [9.17, 15) is 13.2 Å². The largest absolute Gasteiger partial charge is 0.400 e. The number of hydrogen-bond donors (Lipinski definition) is 1. The topological polar surface area (TPSA) is 113 Å². The van der Waals surface area contributed by atoms with Crippen molar-refractivity contribution in [2.24, 2.45) is 12.2 Å². The number of hydrogen-bond acceptors (Lipinski definition) is 5. The van der Waals surface area contributed by atoms with E-state index in [1.807, 2.05) is 0 Å². The second-order valence-corrected chi connectivity index (χ2v) is 5.62. The van der Waals surface area contributed by atoms with Crippen LogP contribution in [0.4, 0.5) is 0 Å². The first kappa shape index (κ1) is 11.9. The number of aryl methyl sites for hydroxylation is 2. The molecule has 0 aliphatic rings. The Balaban J connectivity index is 2.65. The molecule has 2 N–H and O–H groups in total. The van der Waals surface area contributed by atoms with Gasteiger partial charge >= 0.3 is 15.8 Å². The average Bonchev–Trinajstić information content (AvgIpc) is 2.82. The summed E-state index contributed by atoms with van der Waals surface area (Å²) >= 11 is 0. The molecule has 3 aromatic rings. The lowest BCUT2D eigenvalue weighted by Crippen LogP contribution is -2.23. The van der Waals surface area contributed by atoms with Gasteiger partial charge in [0.1, 0.15) is 0 Å². The van der Waals surface area contributed by atoms with Gasteiger partial charge in [0.15, 0.2) is 5.52 Å². The third kappa shape index (κ3) is 1.52. The Morgan fingerprint density at radius 1 is 1.42 bits per heavy atom. The lowest BCUT2D eigenvalue weighted by Gasteiger charge is -2.00. The highest BCUT2D eigenvalue weighted by Gasteiger charge is 2.20. The zero-order valence-corrected chi connectivity index (χ0v) is 10.9. The van der Waals surface area contributed by atoms with Crippen molar-refractivity contribution in [1.29, 1.82) is 0 Å². The summed E-state index contributed by atoms with van der Waals surface area (Å²) in [6.45, 7) is 1.79. The highest BCUT2D eigenvalue weighted by Crippen LogP contribution is 2.26. The van der Waals surface area contributed by atoms with Crippen LogP contribution >= 0.6 is 0 Å². The zero-order valence-electron chi connectivity index (χ0n) is 10.1. The Bertz CT molecular complexity index is 976. The Hall–Kier alpha value is -2.13. The molecule has 8 nitrogen and oxygen atoms in total. The fraction of sp³-hybridized carbons (Fsp3) is 0.200. The first-order valence-electron chi connectivity index (χ1n) is 5.31. The van der Waals surface area contributed by atoms with E-state index >= 15 is 0 Å². The predicted octanol–water partition coefficient (Wildman–Crippen LogP) is -0.159. The van der Waals surface area contributed by atoms with E-state index in [2.05, 4.69) is 5.10 Å². The normalized spacial score (nSPS) is 12.6. The summed E-state index contributed by atoms with van der Waals surface area (Å²) in [4.78, 5) is 11.9. The molecule has 0 saturated heterocycles. The molecule has 0 radical (unpaired) electrons. The maximum atomic E-state index is 11.9. The Morgan fingerprint density at radius 3 is 2.74 bits per heavy atom. The van der Waals surface area contributed by atoms with Crippen LogP contribution in [0.1, 0.15) is 5.69 Å². The molecule has 0 bridgehead atoms. The van der Waals surface area contributed by atoms with Crippen LogP contribution < -0.4 is 10.8 Å². The van der Waals surface area contributed by atoms with Gasteiger partial charge in [-0.2, -0.15) is 8.42 Å². The molecule has 0 saturated carbocycles. The fourth-order valence-electron chi connectivity index (χ4n) is 2.12. The maximum Gasteiger partial charge on any atom is 0.363 e. The minimum Gasteiger partial charge on any atom is -0.400 e. The van der Waals surface area contributed by atoms with Crippen LogP contribution in [0.5, 0.6) is 0 Å². The predicted molar refractivity (Wildman–Crippen MR) is 68.0 cm³/mol. The molecule has 0 atom stereocenters. The maximum absolute atomic E-state index is 11.9. The van der Waals surface area contributed by atoms with E-state index < -0.39 is 15.8 Å². The Morgan fingerprint density at radius 2 is 2.11 bits per heavy atom. The van der Waals surface area contributed by atoms with E-state index in [1.54, 1.807) is 18.7 Å². The molecule has 19 heavy (non-hydrogen) atoms. The minimum absolute atomic E-state index is 0.105. The van der Waals surface area contributed by atoms with E-state index in [1.165, 1.54) is 12.3 Å². The molecule has 0 amide bonds. The highest BCUT2D eigenvalue weighted by molar-refractivity contribution is 7.87. The molecule has 100 valence electrons. The second-order valence-electron chi connectivity index (χ2n) is 4.20. The summed E-state index contributed by atoms with van der Waals surface area (Å²) in [5, 5.41) is 10.2. The summed E-state index contributed by atoms with van der Waals surface area (Å²) in [6, 6.07) is 1.51. The van der Waals surface area contributed by atoms with Gasteiger partial charge < -0.3 is 4.42 Å². The van der Waals surface area contributed by atoms with E-state index in [-0.39, 0.29) is 11.2 Å². The standard InChI is InChI=1S/C10H10N4O4S/c1-5-7-6-3-4-14(19(11,16)17)8(6)10(15)18-9(7)12-13(5)2/h3-4H,1-2H3,(H2,11,16,17). The number of fused-ring (bicyclic) bond motifs is 3. The molecule has 0 aromatic carbocycles. The number of rotatable bonds is 1. The van der Waals surface area contributed by atoms with Gasteiger partial charge in [0.05, 0.1) is 5.39 Å². The average molecular weight is 282 g/mol. The van der Waals surface area contributed by atoms with Gasteiger partial charge in [-0.25, -0.2) is 13.9 Å². The zero-order chi connectivity index (χ0) is 13.9. The number of nitrogens with two attached hydrogens (primary N) is 1. The molecule has 0 aliphatic carbocycles. The van der Waals surface area contributed by atoms with Gasteiger partial charge in [-0.3, -0.25) is 4.68 Å². The van der Waals surface area contributed by atoms with E-state index in [4.69, 9.17) is 9.56 Å². The van der Waals surface area contributed by atoms with Crippen molar-refractivity contribution in [3.8, 4) is 0 Å². The van der Waals surface area contributed by atoms with Gasteiger partial charge in [0.2, 0.25) is 5.71 Å². The molecule has 0 unspecified atom stereocenters. The van der Waals surface area contributed by atoms with Crippen molar-refractivity contribution in [2.75, 3.05) is 0 Å². The lowest BCUT2D eigenvalue weighted by atomic mass is 10.2. The third-order valence-electron chi connectivity index (χ3n) is 3.08. The minimum atomic E-state index is -4.05. The Kier molecular flexibility index (Phi) is 2.17. The van der Waals surface area contributed by atoms with Gasteiger partial charge in [-0.15, -0.1) is 5.10 Å². The first-order valence-corrected chi connectivity index (χ1v) is 6.82. The van der Waals surface area contributed by atoms with Crippen molar-refractivity contribution < 1.29 is 12.8 Å². The van der Waals surface area contributed by atoms with Gasteiger partial charge in [-0.1, -0.05) is 0 Å². The van der Waals surface area contributed by atoms with Crippen LogP contribution in [-0.2, 0) is 17.3 Å². The summed E-state index contributed by atoms with van der Waals surface area (Å²) in [7, 11) is -2.35. The van der Waals surface area contributed by atoms with Crippen LogP contribution in [0.3, 0.4) is 0 Å². The SMILES string of the molecule is Cc1c2c(nn1C)oc(=O)c1c2ccn1S(N)(=O)=O. The highest BCUT2D eigenvalue weighted by atomic mass is 32.2. The molecular weight excluding hydrogens is 272 g/mol. The van der Waals surface area contributed by atoms with Crippen LogP contribution in [0.2, 0.25) is 0 Å². The van der Waals surface area contributed by atoms with Crippen LogP contribution in [0, 0.1) is 6.92 Å². The molecule has 0 fully saturated rings. The summed E-state index contributed by atoms with van der Waals surface area (Å²) in [6.07, 6.45) is 1.23. The van der Waals surface area contributed by atoms with Crippen molar-refractivity contribution in [2.45, 2.75) is 6.92 Å². The summed E-state index contributed by atoms with van der Waals surface area (Å²) < 4.78 is 30.2. The van der Waals surface area contributed by atoms with Gasteiger partial charge in [0.25, 0.3) is 0 Å². The van der Waals surface area contributed by atoms with Crippen molar-refractivity contribution in [1.82, 2.24) is 13.8 Å². The van der Waals surface area contributed by atoms with Gasteiger partial charge in [-0.05, 0) is 13.0 Å². The molecular formula is C10H10N4O4S. The third-order valence-corrected chi connectivity index (χ3v) is 3.93. The molecule has 9 heteroatoms. The first-order chi connectivity index (χ1) is 8.80. The monoisotopic (exact) mass is 282 g/mol. The molecule has 0 spiro atoms. The van der Waals surface area contributed by atoms with Crippen molar-refractivity contribution in [3.63, 3.8) is 0 Å². The van der Waals surface area contributed by atoms with E-state index in [0.717, 1.165) is 5.69 Å². The molecule has 3 rings (SSSR count). The smallest absolute Gasteiger partial charge is 0.363 e. The summed E-state index contributed by atoms with van der Waals surface area (Å²) in [5.41, 5.74) is 0.0336. The van der Waals surface area contributed by atoms with Crippen LogP contribution in [0.25, 0.3) is 22.0 Å².